The molecule has 0 heterocycles. The fraction of sp³-hybridized carbons (Fsp3) is 0.364. The van der Waals surface area contributed by atoms with E-state index in [2.05, 4.69) is 11.1 Å². The Labute approximate surface area is 77.3 Å². The molecule has 13 heavy (non-hydrogen) atoms. The van der Waals surface area contributed by atoms with Gasteiger partial charge in [-0.3, -0.25) is 0 Å². The van der Waals surface area contributed by atoms with E-state index in [1.807, 2.05) is 12.1 Å². The Kier molecular flexibility index (Phi) is 2.24. The second-order valence-corrected chi connectivity index (χ2v) is 3.33. The van der Waals surface area contributed by atoms with Crippen molar-refractivity contribution in [1.82, 2.24) is 0 Å². The van der Waals surface area contributed by atoms with E-state index >= 15 is 0 Å². The van der Waals surface area contributed by atoms with Gasteiger partial charge in [-0.05, 0) is 42.9 Å². The standard InChI is InChI=1S/C11H11NO/c13-8-12-11-7-3-5-9-4-1-2-6-10(9)11/h3,5,7H,1-2,4,6H2. The lowest BCUT2D eigenvalue weighted by molar-refractivity contribution is 0.565. The minimum atomic E-state index is 0.812. The lowest BCUT2D eigenvalue weighted by Gasteiger charge is -2.16. The minimum absolute atomic E-state index is 0.812. The molecule has 0 unspecified atom stereocenters. The first-order valence-electron chi connectivity index (χ1n) is 4.60. The molecule has 0 spiro atoms. The van der Waals surface area contributed by atoms with Gasteiger partial charge in [0, 0.05) is 0 Å². The highest BCUT2D eigenvalue weighted by molar-refractivity contribution is 5.56. The molecule has 1 aromatic rings. The van der Waals surface area contributed by atoms with Gasteiger partial charge in [0.1, 0.15) is 0 Å². The number of rotatable bonds is 1. The fourth-order valence-electron chi connectivity index (χ4n) is 1.92. The van der Waals surface area contributed by atoms with Crippen LogP contribution < -0.4 is 0 Å². The topological polar surface area (TPSA) is 29.4 Å². The highest BCUT2D eigenvalue weighted by atomic mass is 16.1. The van der Waals surface area contributed by atoms with Gasteiger partial charge in [0.2, 0.25) is 6.08 Å². The van der Waals surface area contributed by atoms with E-state index < -0.39 is 0 Å². The van der Waals surface area contributed by atoms with E-state index in [0.29, 0.717) is 0 Å². The number of aryl methyl sites for hydroxylation is 1. The first-order chi connectivity index (χ1) is 6.42. The van der Waals surface area contributed by atoms with Crippen LogP contribution in [-0.2, 0) is 17.6 Å². The van der Waals surface area contributed by atoms with Crippen LogP contribution in [0.15, 0.2) is 23.2 Å². The first kappa shape index (κ1) is 8.21. The van der Waals surface area contributed by atoms with Crippen LogP contribution in [-0.4, -0.2) is 6.08 Å². The van der Waals surface area contributed by atoms with Crippen molar-refractivity contribution in [3.63, 3.8) is 0 Å². The van der Waals surface area contributed by atoms with E-state index in [4.69, 9.17) is 0 Å². The maximum atomic E-state index is 10.2. The number of isocyanates is 1. The summed E-state index contributed by atoms with van der Waals surface area (Å²) in [5, 5.41) is 0. The summed E-state index contributed by atoms with van der Waals surface area (Å²) in [6.45, 7) is 0. The third-order valence-electron chi connectivity index (χ3n) is 2.54. The van der Waals surface area contributed by atoms with Gasteiger partial charge in [-0.25, -0.2) is 4.79 Å². The summed E-state index contributed by atoms with van der Waals surface area (Å²) in [5.74, 6) is 0. The number of fused-ring (bicyclic) bond motifs is 1. The van der Waals surface area contributed by atoms with Crippen molar-refractivity contribution in [2.75, 3.05) is 0 Å². The Balaban J connectivity index is 2.51. The quantitative estimate of drug-likeness (QED) is 0.474. The molecule has 1 aliphatic carbocycles. The van der Waals surface area contributed by atoms with Crippen LogP contribution in [0.2, 0.25) is 0 Å². The molecule has 0 saturated heterocycles. The van der Waals surface area contributed by atoms with Crippen LogP contribution in [0.1, 0.15) is 24.0 Å². The Morgan fingerprint density at radius 1 is 1.23 bits per heavy atom. The van der Waals surface area contributed by atoms with Gasteiger partial charge < -0.3 is 0 Å². The summed E-state index contributed by atoms with van der Waals surface area (Å²) < 4.78 is 0. The summed E-state index contributed by atoms with van der Waals surface area (Å²) in [6.07, 6.45) is 6.24. The second-order valence-electron chi connectivity index (χ2n) is 3.33. The number of benzene rings is 1. The molecule has 0 aliphatic heterocycles. The predicted octanol–water partition coefficient (Wildman–Crippen LogP) is 2.53. The highest BCUT2D eigenvalue weighted by Gasteiger charge is 2.11. The van der Waals surface area contributed by atoms with Crippen LogP contribution in [0.4, 0.5) is 5.69 Å². The largest absolute Gasteiger partial charge is 0.240 e. The molecule has 0 bridgehead atoms. The van der Waals surface area contributed by atoms with Crippen LogP contribution in [0.3, 0.4) is 0 Å². The monoisotopic (exact) mass is 173 g/mol. The molecule has 0 fully saturated rings. The van der Waals surface area contributed by atoms with Crippen molar-refractivity contribution in [1.29, 1.82) is 0 Å². The zero-order valence-corrected chi connectivity index (χ0v) is 7.42. The Morgan fingerprint density at radius 3 is 2.92 bits per heavy atom. The molecule has 2 nitrogen and oxygen atoms in total. The Hall–Kier alpha value is -1.40. The zero-order chi connectivity index (χ0) is 9.10. The zero-order valence-electron chi connectivity index (χ0n) is 7.42. The molecule has 66 valence electrons. The Morgan fingerprint density at radius 2 is 2.08 bits per heavy atom. The van der Waals surface area contributed by atoms with Gasteiger partial charge in [-0.1, -0.05) is 12.1 Å². The SMILES string of the molecule is O=C=Nc1cccc2c1CCCC2. The normalized spacial score (nSPS) is 14.5. The molecule has 0 aromatic heterocycles. The molecule has 1 aromatic carbocycles. The highest BCUT2D eigenvalue weighted by Crippen LogP contribution is 2.29. The summed E-state index contributed by atoms with van der Waals surface area (Å²) >= 11 is 0. The lowest BCUT2D eigenvalue weighted by Crippen LogP contribution is -2.01. The molecule has 0 radical (unpaired) electrons. The smallest absolute Gasteiger partial charge is 0.211 e. The molecule has 0 saturated carbocycles. The molecular formula is C11H11NO. The molecule has 2 heteroatoms. The van der Waals surface area contributed by atoms with E-state index in [-0.39, 0.29) is 0 Å². The maximum absolute atomic E-state index is 10.2. The van der Waals surface area contributed by atoms with Crippen molar-refractivity contribution >= 4 is 11.8 Å². The maximum Gasteiger partial charge on any atom is 0.240 e. The van der Waals surface area contributed by atoms with Crippen LogP contribution in [0.25, 0.3) is 0 Å². The number of hydrogen-bond acceptors (Lipinski definition) is 2. The van der Waals surface area contributed by atoms with Gasteiger partial charge >= 0.3 is 0 Å². The molecular weight excluding hydrogens is 162 g/mol. The molecule has 0 atom stereocenters. The number of hydrogen-bond donors (Lipinski definition) is 0. The van der Waals surface area contributed by atoms with E-state index in [1.54, 1.807) is 6.08 Å². The number of nitrogens with zero attached hydrogens (tertiary/aromatic N) is 1. The van der Waals surface area contributed by atoms with Crippen molar-refractivity contribution in [3.8, 4) is 0 Å². The van der Waals surface area contributed by atoms with Crippen LogP contribution >= 0.6 is 0 Å². The van der Waals surface area contributed by atoms with Gasteiger partial charge in [-0.15, -0.1) is 0 Å². The van der Waals surface area contributed by atoms with Crippen LogP contribution in [0, 0.1) is 0 Å². The summed E-state index contributed by atoms with van der Waals surface area (Å²) in [7, 11) is 0. The lowest BCUT2D eigenvalue weighted by atomic mass is 9.91. The molecule has 0 amide bonds. The van der Waals surface area contributed by atoms with Crippen molar-refractivity contribution < 1.29 is 4.79 Å². The van der Waals surface area contributed by atoms with Gasteiger partial charge in [0.05, 0.1) is 5.69 Å². The first-order valence-corrected chi connectivity index (χ1v) is 4.60. The van der Waals surface area contributed by atoms with E-state index in [9.17, 15) is 4.79 Å². The summed E-state index contributed by atoms with van der Waals surface area (Å²) in [4.78, 5) is 13.9. The Bertz CT molecular complexity index is 364. The van der Waals surface area contributed by atoms with Crippen molar-refractivity contribution in [3.05, 3.63) is 29.3 Å². The van der Waals surface area contributed by atoms with Gasteiger partial charge in [0.15, 0.2) is 0 Å². The fourth-order valence-corrected chi connectivity index (χ4v) is 1.92. The van der Waals surface area contributed by atoms with Gasteiger partial charge in [-0.2, -0.15) is 4.99 Å². The van der Waals surface area contributed by atoms with E-state index in [0.717, 1.165) is 18.5 Å². The van der Waals surface area contributed by atoms with E-state index in [1.165, 1.54) is 24.0 Å². The third kappa shape index (κ3) is 1.53. The second kappa shape index (κ2) is 3.55. The van der Waals surface area contributed by atoms with Gasteiger partial charge in [0.25, 0.3) is 0 Å². The average molecular weight is 173 g/mol. The summed E-state index contributed by atoms with van der Waals surface area (Å²) in [6, 6.07) is 5.97. The predicted molar refractivity (Wildman–Crippen MR) is 50.9 cm³/mol. The third-order valence-corrected chi connectivity index (χ3v) is 2.54. The average Bonchev–Trinajstić information content (AvgIpc) is 2.19. The summed E-state index contributed by atoms with van der Waals surface area (Å²) in [5.41, 5.74) is 3.41. The molecule has 2 rings (SSSR count). The van der Waals surface area contributed by atoms with Crippen molar-refractivity contribution in [2.24, 2.45) is 4.99 Å². The van der Waals surface area contributed by atoms with Crippen molar-refractivity contribution in [2.45, 2.75) is 25.7 Å². The number of aliphatic imine (C=N–C) groups is 1. The molecule has 0 N–H and O–H groups in total. The number of carbonyl (C=O) groups excluding carboxylic acids is 1. The molecule has 1 aliphatic rings. The minimum Gasteiger partial charge on any atom is -0.211 e. The van der Waals surface area contributed by atoms with Crippen LogP contribution in [0.5, 0.6) is 0 Å².